The average molecular weight is 390 g/mol. The summed E-state index contributed by atoms with van der Waals surface area (Å²) in [5, 5.41) is 7.92. The standard InChI is InChI=1S/C19H26N4O5/c1-12-17(13(2)27-21-12)19(24)23-7-3-4-15(10-23)26-11-16-20-18(28-22-16)14-5-8-25-9-6-14/h14-15H,3-11H2,1-2H3. The van der Waals surface area contributed by atoms with E-state index in [9.17, 15) is 4.79 Å². The summed E-state index contributed by atoms with van der Waals surface area (Å²) in [7, 11) is 0. The smallest absolute Gasteiger partial charge is 0.259 e. The van der Waals surface area contributed by atoms with Gasteiger partial charge in [-0.25, -0.2) is 0 Å². The summed E-state index contributed by atoms with van der Waals surface area (Å²) in [4.78, 5) is 19.1. The molecule has 4 heterocycles. The largest absolute Gasteiger partial charge is 0.381 e. The number of aryl methyl sites for hydroxylation is 2. The van der Waals surface area contributed by atoms with Crippen LogP contribution in [0.5, 0.6) is 0 Å². The van der Waals surface area contributed by atoms with Gasteiger partial charge < -0.3 is 23.4 Å². The molecule has 9 nitrogen and oxygen atoms in total. The van der Waals surface area contributed by atoms with Gasteiger partial charge >= 0.3 is 0 Å². The number of aromatic nitrogens is 3. The van der Waals surface area contributed by atoms with Crippen molar-refractivity contribution in [2.75, 3.05) is 26.3 Å². The molecule has 0 aliphatic carbocycles. The van der Waals surface area contributed by atoms with Crippen molar-refractivity contribution in [3.63, 3.8) is 0 Å². The first-order chi connectivity index (χ1) is 13.6. The Balaban J connectivity index is 1.32. The van der Waals surface area contributed by atoms with Gasteiger partial charge in [0.1, 0.15) is 17.9 Å². The molecule has 0 N–H and O–H groups in total. The molecule has 2 aromatic heterocycles. The third kappa shape index (κ3) is 4.10. The van der Waals surface area contributed by atoms with Gasteiger partial charge in [-0.2, -0.15) is 4.98 Å². The van der Waals surface area contributed by atoms with Gasteiger partial charge in [0.05, 0.1) is 11.8 Å². The molecule has 1 amide bonds. The molecule has 0 saturated carbocycles. The Labute approximate surface area is 163 Å². The maximum atomic E-state index is 12.8. The molecule has 0 bridgehead atoms. The van der Waals surface area contributed by atoms with Gasteiger partial charge in [-0.15, -0.1) is 0 Å². The lowest BCUT2D eigenvalue weighted by Gasteiger charge is -2.32. The number of likely N-dealkylation sites (tertiary alicyclic amines) is 1. The van der Waals surface area contributed by atoms with Crippen LogP contribution in [-0.4, -0.2) is 58.5 Å². The Morgan fingerprint density at radius 1 is 1.18 bits per heavy atom. The summed E-state index contributed by atoms with van der Waals surface area (Å²) in [6.07, 6.45) is 3.55. The number of amides is 1. The van der Waals surface area contributed by atoms with Gasteiger partial charge in [-0.05, 0) is 39.5 Å². The van der Waals surface area contributed by atoms with E-state index in [1.807, 2.05) is 4.90 Å². The molecule has 2 fully saturated rings. The van der Waals surface area contributed by atoms with Crippen LogP contribution >= 0.6 is 0 Å². The van der Waals surface area contributed by atoms with Gasteiger partial charge in [0.25, 0.3) is 5.91 Å². The van der Waals surface area contributed by atoms with E-state index in [1.165, 1.54) is 0 Å². The van der Waals surface area contributed by atoms with Crippen LogP contribution in [0.25, 0.3) is 0 Å². The number of carbonyl (C=O) groups excluding carboxylic acids is 1. The minimum Gasteiger partial charge on any atom is -0.381 e. The number of carbonyl (C=O) groups is 1. The minimum absolute atomic E-state index is 0.0501. The molecule has 1 atom stereocenters. The van der Waals surface area contributed by atoms with E-state index < -0.39 is 0 Å². The molecule has 28 heavy (non-hydrogen) atoms. The van der Waals surface area contributed by atoms with Crippen molar-refractivity contribution in [3.8, 4) is 0 Å². The summed E-state index contributed by atoms with van der Waals surface area (Å²) in [6.45, 7) is 6.54. The molecular formula is C19H26N4O5. The number of hydrogen-bond donors (Lipinski definition) is 0. The van der Waals surface area contributed by atoms with Crippen molar-refractivity contribution in [1.29, 1.82) is 0 Å². The topological polar surface area (TPSA) is 104 Å². The Hall–Kier alpha value is -2.26. The Kier molecular flexibility index (Phi) is 5.72. The molecule has 0 aromatic carbocycles. The van der Waals surface area contributed by atoms with Crippen LogP contribution in [-0.2, 0) is 16.1 Å². The number of piperidine rings is 1. The van der Waals surface area contributed by atoms with Gasteiger partial charge in [-0.1, -0.05) is 10.3 Å². The van der Waals surface area contributed by atoms with Gasteiger partial charge in [0, 0.05) is 32.2 Å². The van der Waals surface area contributed by atoms with Crippen molar-refractivity contribution in [3.05, 3.63) is 28.7 Å². The summed E-state index contributed by atoms with van der Waals surface area (Å²) in [5.74, 6) is 1.99. The lowest BCUT2D eigenvalue weighted by atomic mass is 10.0. The monoisotopic (exact) mass is 390 g/mol. The number of rotatable bonds is 5. The second kappa shape index (κ2) is 8.40. The first-order valence-corrected chi connectivity index (χ1v) is 9.85. The highest BCUT2D eigenvalue weighted by atomic mass is 16.5. The van der Waals surface area contributed by atoms with Crippen molar-refractivity contribution in [1.82, 2.24) is 20.2 Å². The predicted octanol–water partition coefficient (Wildman–Crippen LogP) is 2.39. The van der Waals surface area contributed by atoms with Crippen LogP contribution in [0.15, 0.2) is 9.05 Å². The van der Waals surface area contributed by atoms with Crippen LogP contribution in [0, 0.1) is 13.8 Å². The van der Waals surface area contributed by atoms with Crippen LogP contribution in [0.4, 0.5) is 0 Å². The summed E-state index contributed by atoms with van der Waals surface area (Å²) >= 11 is 0. The summed E-state index contributed by atoms with van der Waals surface area (Å²) < 4.78 is 21.9. The third-order valence-electron chi connectivity index (χ3n) is 5.42. The van der Waals surface area contributed by atoms with E-state index in [2.05, 4.69) is 15.3 Å². The SMILES string of the molecule is Cc1noc(C)c1C(=O)N1CCCC(OCc2noc(C3CCOCC3)n2)C1. The van der Waals surface area contributed by atoms with E-state index in [4.69, 9.17) is 18.5 Å². The highest BCUT2D eigenvalue weighted by Gasteiger charge is 2.29. The van der Waals surface area contributed by atoms with E-state index >= 15 is 0 Å². The predicted molar refractivity (Wildman–Crippen MR) is 96.8 cm³/mol. The zero-order valence-corrected chi connectivity index (χ0v) is 16.3. The van der Waals surface area contributed by atoms with Crippen LogP contribution in [0.2, 0.25) is 0 Å². The zero-order chi connectivity index (χ0) is 19.5. The first kappa shape index (κ1) is 19.1. The van der Waals surface area contributed by atoms with Crippen molar-refractivity contribution < 1.29 is 23.3 Å². The number of nitrogens with zero attached hydrogens (tertiary/aromatic N) is 4. The first-order valence-electron chi connectivity index (χ1n) is 9.85. The third-order valence-corrected chi connectivity index (χ3v) is 5.42. The van der Waals surface area contributed by atoms with Crippen molar-refractivity contribution >= 4 is 5.91 Å². The van der Waals surface area contributed by atoms with Crippen molar-refractivity contribution in [2.24, 2.45) is 0 Å². The molecule has 0 spiro atoms. The highest BCUT2D eigenvalue weighted by molar-refractivity contribution is 5.96. The Morgan fingerprint density at radius 2 is 2.00 bits per heavy atom. The molecule has 9 heteroatoms. The molecule has 2 aromatic rings. The van der Waals surface area contributed by atoms with Gasteiger partial charge in [0.15, 0.2) is 5.82 Å². The number of ether oxygens (including phenoxy) is 2. The lowest BCUT2D eigenvalue weighted by Crippen LogP contribution is -2.43. The molecule has 2 aliphatic heterocycles. The van der Waals surface area contributed by atoms with Gasteiger partial charge in [-0.3, -0.25) is 4.79 Å². The van der Waals surface area contributed by atoms with Crippen LogP contribution in [0.3, 0.4) is 0 Å². The minimum atomic E-state index is -0.0526. The molecule has 0 radical (unpaired) electrons. The maximum Gasteiger partial charge on any atom is 0.259 e. The quantitative estimate of drug-likeness (QED) is 0.766. The number of hydrogen-bond acceptors (Lipinski definition) is 8. The summed E-state index contributed by atoms with van der Waals surface area (Å²) in [6, 6.07) is 0. The summed E-state index contributed by atoms with van der Waals surface area (Å²) in [5.41, 5.74) is 1.18. The molecule has 4 rings (SSSR count). The molecule has 152 valence electrons. The van der Waals surface area contributed by atoms with E-state index in [1.54, 1.807) is 13.8 Å². The molecular weight excluding hydrogens is 364 g/mol. The maximum absolute atomic E-state index is 12.8. The second-order valence-electron chi connectivity index (χ2n) is 7.46. The Morgan fingerprint density at radius 3 is 2.75 bits per heavy atom. The zero-order valence-electron chi connectivity index (χ0n) is 16.3. The van der Waals surface area contributed by atoms with E-state index in [0.29, 0.717) is 41.8 Å². The molecule has 2 saturated heterocycles. The lowest BCUT2D eigenvalue weighted by molar-refractivity contribution is -0.00967. The van der Waals surface area contributed by atoms with Crippen molar-refractivity contribution in [2.45, 2.75) is 58.2 Å². The fourth-order valence-corrected chi connectivity index (χ4v) is 3.83. The molecule has 2 aliphatic rings. The van der Waals surface area contributed by atoms with E-state index in [-0.39, 0.29) is 24.5 Å². The Bertz CT molecular complexity index is 792. The average Bonchev–Trinajstić information content (AvgIpc) is 3.33. The normalized spacial score (nSPS) is 21.2. The fraction of sp³-hybridized carbons (Fsp3) is 0.684. The highest BCUT2D eigenvalue weighted by Crippen LogP contribution is 2.26. The van der Waals surface area contributed by atoms with Crippen LogP contribution < -0.4 is 0 Å². The van der Waals surface area contributed by atoms with E-state index in [0.717, 1.165) is 38.9 Å². The van der Waals surface area contributed by atoms with Gasteiger partial charge in [0.2, 0.25) is 5.89 Å². The second-order valence-corrected chi connectivity index (χ2v) is 7.46. The molecule has 1 unspecified atom stereocenters. The fourth-order valence-electron chi connectivity index (χ4n) is 3.83. The van der Waals surface area contributed by atoms with Crippen LogP contribution in [0.1, 0.15) is 65.1 Å².